The first kappa shape index (κ1) is 20.9. The molecule has 1 aromatic heterocycles. The van der Waals surface area contributed by atoms with Crippen molar-refractivity contribution in [1.82, 2.24) is 19.4 Å². The number of rotatable bonds is 5. The van der Waals surface area contributed by atoms with E-state index < -0.39 is 0 Å². The van der Waals surface area contributed by atoms with Gasteiger partial charge in [0.25, 0.3) is 0 Å². The Hall–Kier alpha value is -2.34. The Labute approximate surface area is 180 Å². The lowest BCUT2D eigenvalue weighted by molar-refractivity contribution is -0.133. The Morgan fingerprint density at radius 1 is 1.20 bits per heavy atom. The number of hydrogen-bond acceptors (Lipinski definition) is 4. The fourth-order valence-electron chi connectivity index (χ4n) is 4.85. The lowest BCUT2D eigenvalue weighted by atomic mass is 10.1. The van der Waals surface area contributed by atoms with Gasteiger partial charge in [0.15, 0.2) is 0 Å². The topological polar surface area (TPSA) is 53.4 Å². The van der Waals surface area contributed by atoms with Crippen LogP contribution in [0.15, 0.2) is 43.0 Å². The van der Waals surface area contributed by atoms with Crippen molar-refractivity contribution in [2.24, 2.45) is 5.92 Å². The molecule has 0 aliphatic carbocycles. The molecule has 2 atom stereocenters. The number of amides is 1. The molecule has 6 heteroatoms. The van der Waals surface area contributed by atoms with E-state index in [9.17, 15) is 4.79 Å². The van der Waals surface area contributed by atoms with Gasteiger partial charge in [0, 0.05) is 49.8 Å². The largest absolute Gasteiger partial charge is 0.385 e. The molecule has 1 saturated heterocycles. The summed E-state index contributed by atoms with van der Waals surface area (Å²) >= 11 is 0. The fraction of sp³-hybridized carbons (Fsp3) is 0.583. The van der Waals surface area contributed by atoms with Crippen molar-refractivity contribution in [2.75, 3.05) is 25.0 Å². The second-order valence-corrected chi connectivity index (χ2v) is 9.19. The summed E-state index contributed by atoms with van der Waals surface area (Å²) < 4.78 is 1.87. The zero-order valence-corrected chi connectivity index (χ0v) is 18.3. The summed E-state index contributed by atoms with van der Waals surface area (Å²) in [7, 11) is 0. The van der Waals surface area contributed by atoms with E-state index in [0.717, 1.165) is 31.7 Å². The highest BCUT2D eigenvalue weighted by molar-refractivity contribution is 5.76. The van der Waals surface area contributed by atoms with Crippen molar-refractivity contribution in [2.45, 2.75) is 64.7 Å². The molecule has 0 spiro atoms. The van der Waals surface area contributed by atoms with Crippen LogP contribution in [0.3, 0.4) is 0 Å². The molecule has 1 N–H and O–H groups in total. The van der Waals surface area contributed by atoms with Crippen LogP contribution >= 0.6 is 0 Å². The maximum Gasteiger partial charge on any atom is 0.242 e. The first-order valence-corrected chi connectivity index (χ1v) is 11.4. The minimum absolute atomic E-state index is 0.161. The number of aromatic nitrogens is 2. The molecule has 1 aromatic carbocycles. The maximum absolute atomic E-state index is 13.3. The quantitative estimate of drug-likeness (QED) is 0.820. The van der Waals surface area contributed by atoms with Crippen molar-refractivity contribution in [3.63, 3.8) is 0 Å². The van der Waals surface area contributed by atoms with Gasteiger partial charge in [-0.25, -0.2) is 4.98 Å². The average Bonchev–Trinajstić information content (AvgIpc) is 3.35. The molecular weight excluding hydrogens is 374 g/mol. The van der Waals surface area contributed by atoms with Gasteiger partial charge in [-0.2, -0.15) is 0 Å². The minimum Gasteiger partial charge on any atom is -0.385 e. The van der Waals surface area contributed by atoms with Crippen LogP contribution in [0, 0.1) is 5.92 Å². The van der Waals surface area contributed by atoms with Crippen LogP contribution in [0.2, 0.25) is 0 Å². The van der Waals surface area contributed by atoms with Crippen LogP contribution < -0.4 is 5.32 Å². The van der Waals surface area contributed by atoms with Gasteiger partial charge in [0.1, 0.15) is 6.54 Å². The van der Waals surface area contributed by atoms with Gasteiger partial charge in [-0.05, 0) is 49.8 Å². The molecule has 3 heterocycles. The molecule has 0 saturated carbocycles. The smallest absolute Gasteiger partial charge is 0.242 e. The number of fused-ring (bicyclic) bond motifs is 3. The summed E-state index contributed by atoms with van der Waals surface area (Å²) in [5.74, 6) is 0.859. The third-order valence-corrected chi connectivity index (χ3v) is 6.57. The highest BCUT2D eigenvalue weighted by atomic mass is 16.2. The van der Waals surface area contributed by atoms with Gasteiger partial charge in [-0.3, -0.25) is 9.69 Å². The van der Waals surface area contributed by atoms with Crippen molar-refractivity contribution >= 4 is 11.6 Å². The van der Waals surface area contributed by atoms with Gasteiger partial charge in [0.05, 0.1) is 6.33 Å². The van der Waals surface area contributed by atoms with Crippen LogP contribution in [-0.4, -0.2) is 57.0 Å². The Morgan fingerprint density at radius 3 is 2.83 bits per heavy atom. The van der Waals surface area contributed by atoms with Crippen molar-refractivity contribution in [3.8, 4) is 0 Å². The van der Waals surface area contributed by atoms with Gasteiger partial charge in [0.2, 0.25) is 5.91 Å². The summed E-state index contributed by atoms with van der Waals surface area (Å²) in [6.45, 7) is 8.50. The van der Waals surface area contributed by atoms with Gasteiger partial charge in [-0.15, -0.1) is 0 Å². The summed E-state index contributed by atoms with van der Waals surface area (Å²) in [5, 5.41) is 3.65. The molecule has 2 aliphatic rings. The van der Waals surface area contributed by atoms with Crippen molar-refractivity contribution < 1.29 is 4.79 Å². The maximum atomic E-state index is 13.3. The van der Waals surface area contributed by atoms with E-state index in [1.165, 1.54) is 24.8 Å². The van der Waals surface area contributed by atoms with Crippen molar-refractivity contribution in [3.05, 3.63) is 48.5 Å². The predicted molar refractivity (Wildman–Crippen MR) is 120 cm³/mol. The summed E-state index contributed by atoms with van der Waals surface area (Å²) in [5.41, 5.74) is 2.35. The van der Waals surface area contributed by atoms with Crippen LogP contribution in [0.25, 0.3) is 0 Å². The number of imidazole rings is 1. The first-order chi connectivity index (χ1) is 14.6. The fourth-order valence-corrected chi connectivity index (χ4v) is 4.85. The van der Waals surface area contributed by atoms with Gasteiger partial charge in [-0.1, -0.05) is 32.0 Å². The standard InChI is InChI=1S/C24H35N5O/c1-19(2)10-13-29-21-7-8-22(29)16-28(24(30)17-27-14-12-25-18-27)15-20-5-3-4-6-23(20)26-11-9-21/h3-6,12,14,18-19,21-22,26H,7-11,13,15-17H2,1-2H3/t21-,22+/m1/s1. The molecule has 1 amide bonds. The molecule has 2 aromatic rings. The molecule has 1 fully saturated rings. The molecule has 2 aliphatic heterocycles. The number of benzene rings is 1. The molecule has 162 valence electrons. The molecule has 30 heavy (non-hydrogen) atoms. The Balaban J connectivity index is 1.58. The highest BCUT2D eigenvalue weighted by Crippen LogP contribution is 2.30. The van der Waals surface area contributed by atoms with Gasteiger partial charge < -0.3 is 14.8 Å². The van der Waals surface area contributed by atoms with Crippen LogP contribution in [-0.2, 0) is 17.9 Å². The van der Waals surface area contributed by atoms with E-state index in [0.29, 0.717) is 31.1 Å². The molecule has 0 unspecified atom stereocenters. The summed E-state index contributed by atoms with van der Waals surface area (Å²) in [6, 6.07) is 9.49. The number of carbonyl (C=O) groups excluding carboxylic acids is 1. The average molecular weight is 410 g/mol. The normalized spacial score (nSPS) is 22.4. The highest BCUT2D eigenvalue weighted by Gasteiger charge is 2.35. The second-order valence-electron chi connectivity index (χ2n) is 9.19. The Morgan fingerprint density at radius 2 is 2.03 bits per heavy atom. The number of nitrogens with zero attached hydrogens (tertiary/aromatic N) is 4. The lowest BCUT2D eigenvalue weighted by Crippen LogP contribution is -2.46. The third kappa shape index (κ3) is 5.04. The monoisotopic (exact) mass is 409 g/mol. The number of para-hydroxylation sites is 1. The van der Waals surface area contributed by atoms with Crippen LogP contribution in [0.1, 0.15) is 45.1 Å². The lowest BCUT2D eigenvalue weighted by Gasteiger charge is -2.34. The van der Waals surface area contributed by atoms with E-state index in [-0.39, 0.29) is 5.91 Å². The Bertz CT molecular complexity index is 819. The van der Waals surface area contributed by atoms with E-state index in [4.69, 9.17) is 0 Å². The number of anilines is 1. The second kappa shape index (κ2) is 9.65. The summed E-state index contributed by atoms with van der Waals surface area (Å²) in [4.78, 5) is 22.2. The van der Waals surface area contributed by atoms with E-state index in [2.05, 4.69) is 58.2 Å². The number of nitrogens with one attached hydrogen (secondary N) is 1. The molecule has 4 rings (SSSR count). The first-order valence-electron chi connectivity index (χ1n) is 11.4. The minimum atomic E-state index is 0.161. The summed E-state index contributed by atoms with van der Waals surface area (Å²) in [6.07, 6.45) is 10.1. The molecular formula is C24H35N5O. The van der Waals surface area contributed by atoms with E-state index >= 15 is 0 Å². The number of carbonyl (C=O) groups is 1. The van der Waals surface area contributed by atoms with E-state index in [1.54, 1.807) is 12.5 Å². The van der Waals surface area contributed by atoms with E-state index in [1.807, 2.05) is 10.8 Å². The van der Waals surface area contributed by atoms with Crippen molar-refractivity contribution in [1.29, 1.82) is 0 Å². The Kier molecular flexibility index (Phi) is 6.72. The molecule has 0 radical (unpaired) electrons. The van der Waals surface area contributed by atoms with Crippen LogP contribution in [0.5, 0.6) is 0 Å². The molecule has 2 bridgehead atoms. The predicted octanol–water partition coefficient (Wildman–Crippen LogP) is 3.61. The SMILES string of the molecule is CC(C)CCN1[C@H]2CCNc3ccccc3CN(C(=O)Cn3ccnc3)C[C@@H]1CC2. The van der Waals surface area contributed by atoms with Gasteiger partial charge >= 0.3 is 0 Å². The third-order valence-electron chi connectivity index (χ3n) is 6.57. The zero-order chi connectivity index (χ0) is 20.9. The molecule has 6 nitrogen and oxygen atoms in total. The zero-order valence-electron chi connectivity index (χ0n) is 18.3. The van der Waals surface area contributed by atoms with Crippen LogP contribution in [0.4, 0.5) is 5.69 Å². The number of hydrogen-bond donors (Lipinski definition) is 1.